The van der Waals surface area contributed by atoms with E-state index in [1.807, 2.05) is 11.4 Å². The summed E-state index contributed by atoms with van der Waals surface area (Å²) in [4.78, 5) is 25.8. The maximum atomic E-state index is 12.1. The predicted molar refractivity (Wildman–Crippen MR) is 84.1 cm³/mol. The zero-order valence-electron chi connectivity index (χ0n) is 11.8. The minimum Gasteiger partial charge on any atom is -0.478 e. The van der Waals surface area contributed by atoms with Crippen molar-refractivity contribution in [3.05, 3.63) is 52.2 Å². The van der Waals surface area contributed by atoms with Crippen LogP contribution in [0.5, 0.6) is 0 Å². The minimum absolute atomic E-state index is 0.0367. The molecule has 0 aliphatic rings. The molecule has 0 spiro atoms. The van der Waals surface area contributed by atoms with E-state index in [1.165, 1.54) is 17.0 Å². The molecule has 21 heavy (non-hydrogen) atoms. The number of hydrogen-bond acceptors (Lipinski definition) is 3. The van der Waals surface area contributed by atoms with E-state index in [1.54, 1.807) is 35.4 Å². The molecule has 1 heterocycles. The van der Waals surface area contributed by atoms with Crippen LogP contribution in [0, 0.1) is 0 Å². The fourth-order valence-electron chi connectivity index (χ4n) is 2.01. The SMILES string of the molecule is CN(C(=O)CCCc1cccs1)c1ccc(C(=O)O)cc1. The number of carbonyl (C=O) groups excluding carboxylic acids is 1. The van der Waals surface area contributed by atoms with E-state index in [9.17, 15) is 9.59 Å². The Hall–Kier alpha value is -2.14. The molecule has 0 bridgehead atoms. The fraction of sp³-hybridized carbons (Fsp3) is 0.250. The summed E-state index contributed by atoms with van der Waals surface area (Å²) in [7, 11) is 1.71. The van der Waals surface area contributed by atoms with Crippen molar-refractivity contribution >= 4 is 28.9 Å². The first-order valence-corrected chi connectivity index (χ1v) is 7.58. The van der Waals surface area contributed by atoms with Crippen LogP contribution >= 0.6 is 11.3 Å². The summed E-state index contributed by atoms with van der Waals surface area (Å²) in [5, 5.41) is 10.9. The number of amides is 1. The molecule has 0 radical (unpaired) electrons. The largest absolute Gasteiger partial charge is 0.478 e. The standard InChI is InChI=1S/C16H17NO3S/c1-17(13-9-7-12(8-10-13)16(19)20)15(18)6-2-4-14-5-3-11-21-14/h3,5,7-11H,2,4,6H2,1H3,(H,19,20). The summed E-state index contributed by atoms with van der Waals surface area (Å²) in [6, 6.07) is 10.4. The van der Waals surface area contributed by atoms with Crippen LogP contribution in [0.2, 0.25) is 0 Å². The zero-order chi connectivity index (χ0) is 15.2. The van der Waals surface area contributed by atoms with Gasteiger partial charge in [-0.1, -0.05) is 6.07 Å². The van der Waals surface area contributed by atoms with Crippen LogP contribution in [-0.4, -0.2) is 24.0 Å². The van der Waals surface area contributed by atoms with Crippen LogP contribution in [0.1, 0.15) is 28.1 Å². The number of nitrogens with zero attached hydrogens (tertiary/aromatic N) is 1. The molecule has 1 aromatic heterocycles. The van der Waals surface area contributed by atoms with Crippen molar-refractivity contribution < 1.29 is 14.7 Å². The fourth-order valence-corrected chi connectivity index (χ4v) is 2.76. The van der Waals surface area contributed by atoms with Gasteiger partial charge in [0.2, 0.25) is 5.91 Å². The lowest BCUT2D eigenvalue weighted by atomic mass is 10.1. The third-order valence-electron chi connectivity index (χ3n) is 3.27. The Kier molecular flexibility index (Phi) is 5.11. The normalized spacial score (nSPS) is 10.3. The van der Waals surface area contributed by atoms with Gasteiger partial charge >= 0.3 is 5.97 Å². The number of anilines is 1. The average Bonchev–Trinajstić information content (AvgIpc) is 2.99. The van der Waals surface area contributed by atoms with Gasteiger partial charge in [-0.3, -0.25) is 4.79 Å². The van der Waals surface area contributed by atoms with Crippen LogP contribution in [0.15, 0.2) is 41.8 Å². The third-order valence-corrected chi connectivity index (χ3v) is 4.21. The first-order valence-electron chi connectivity index (χ1n) is 6.70. The second-order valence-corrected chi connectivity index (χ2v) is 5.77. The summed E-state index contributed by atoms with van der Waals surface area (Å²) in [6.45, 7) is 0. The number of aromatic carboxylic acids is 1. The second kappa shape index (κ2) is 7.04. The first kappa shape index (κ1) is 15.3. The molecule has 5 heteroatoms. The van der Waals surface area contributed by atoms with E-state index in [4.69, 9.17) is 5.11 Å². The van der Waals surface area contributed by atoms with Gasteiger partial charge in [-0.25, -0.2) is 4.79 Å². The van der Waals surface area contributed by atoms with Gasteiger partial charge in [0.15, 0.2) is 0 Å². The summed E-state index contributed by atoms with van der Waals surface area (Å²) in [5.41, 5.74) is 0.929. The van der Waals surface area contributed by atoms with Crippen molar-refractivity contribution in [2.45, 2.75) is 19.3 Å². The maximum Gasteiger partial charge on any atom is 0.335 e. The molecule has 0 fully saturated rings. The van der Waals surface area contributed by atoms with Gasteiger partial charge in [0, 0.05) is 24.0 Å². The van der Waals surface area contributed by atoms with Gasteiger partial charge in [0.05, 0.1) is 5.56 Å². The highest BCUT2D eigenvalue weighted by Gasteiger charge is 2.11. The number of carboxylic acid groups (broad SMARTS) is 1. The van der Waals surface area contributed by atoms with E-state index < -0.39 is 5.97 Å². The zero-order valence-corrected chi connectivity index (χ0v) is 12.6. The smallest absolute Gasteiger partial charge is 0.335 e. The molecule has 2 rings (SSSR count). The van der Waals surface area contributed by atoms with Crippen LogP contribution in [0.4, 0.5) is 5.69 Å². The topological polar surface area (TPSA) is 57.6 Å². The number of carboxylic acids is 1. The lowest BCUT2D eigenvalue weighted by Crippen LogP contribution is -2.25. The number of carbonyl (C=O) groups is 2. The molecule has 0 saturated heterocycles. The number of hydrogen-bond donors (Lipinski definition) is 1. The van der Waals surface area contributed by atoms with Gasteiger partial charge in [0.25, 0.3) is 0 Å². The molecular formula is C16H17NO3S. The predicted octanol–water partition coefficient (Wildman–Crippen LogP) is 3.43. The van der Waals surface area contributed by atoms with Gasteiger partial charge in [-0.15, -0.1) is 11.3 Å². The molecule has 0 atom stereocenters. The Morgan fingerprint density at radius 1 is 1.19 bits per heavy atom. The first-order chi connectivity index (χ1) is 10.1. The molecule has 0 aliphatic carbocycles. The molecule has 0 saturated carbocycles. The van der Waals surface area contributed by atoms with Crippen molar-refractivity contribution in [2.24, 2.45) is 0 Å². The summed E-state index contributed by atoms with van der Waals surface area (Å²) >= 11 is 1.70. The van der Waals surface area contributed by atoms with Crippen molar-refractivity contribution in [1.29, 1.82) is 0 Å². The maximum absolute atomic E-state index is 12.1. The summed E-state index contributed by atoms with van der Waals surface area (Å²) in [6.07, 6.45) is 2.21. The highest BCUT2D eigenvalue weighted by molar-refractivity contribution is 7.09. The van der Waals surface area contributed by atoms with E-state index in [0.29, 0.717) is 12.1 Å². The van der Waals surface area contributed by atoms with Gasteiger partial charge in [-0.2, -0.15) is 0 Å². The molecule has 110 valence electrons. The van der Waals surface area contributed by atoms with Gasteiger partial charge in [-0.05, 0) is 48.6 Å². The van der Waals surface area contributed by atoms with Crippen molar-refractivity contribution in [1.82, 2.24) is 0 Å². The van der Waals surface area contributed by atoms with E-state index in [-0.39, 0.29) is 11.5 Å². The molecule has 1 N–H and O–H groups in total. The minimum atomic E-state index is -0.966. The van der Waals surface area contributed by atoms with E-state index >= 15 is 0 Å². The Morgan fingerprint density at radius 2 is 1.90 bits per heavy atom. The lowest BCUT2D eigenvalue weighted by molar-refractivity contribution is -0.118. The Bertz CT molecular complexity index is 605. The summed E-state index contributed by atoms with van der Waals surface area (Å²) < 4.78 is 0. The molecule has 1 amide bonds. The molecule has 0 unspecified atom stereocenters. The summed E-state index contributed by atoms with van der Waals surface area (Å²) in [5.74, 6) is -0.930. The molecule has 0 aliphatic heterocycles. The third kappa shape index (κ3) is 4.16. The molecule has 2 aromatic rings. The number of thiophene rings is 1. The van der Waals surface area contributed by atoms with Crippen LogP contribution in [-0.2, 0) is 11.2 Å². The Balaban J connectivity index is 1.87. The van der Waals surface area contributed by atoms with Crippen LogP contribution < -0.4 is 4.90 Å². The van der Waals surface area contributed by atoms with Crippen LogP contribution in [0.3, 0.4) is 0 Å². The Labute approximate surface area is 127 Å². The number of benzene rings is 1. The van der Waals surface area contributed by atoms with Gasteiger partial charge < -0.3 is 10.0 Å². The number of rotatable bonds is 6. The molecular weight excluding hydrogens is 286 g/mol. The van der Waals surface area contributed by atoms with Gasteiger partial charge in [0.1, 0.15) is 0 Å². The number of aryl methyl sites for hydroxylation is 1. The van der Waals surface area contributed by atoms with Crippen LogP contribution in [0.25, 0.3) is 0 Å². The highest BCUT2D eigenvalue weighted by atomic mass is 32.1. The second-order valence-electron chi connectivity index (χ2n) is 4.74. The quantitative estimate of drug-likeness (QED) is 0.889. The van der Waals surface area contributed by atoms with Crippen molar-refractivity contribution in [3.63, 3.8) is 0 Å². The van der Waals surface area contributed by atoms with E-state index in [2.05, 4.69) is 6.07 Å². The monoisotopic (exact) mass is 303 g/mol. The van der Waals surface area contributed by atoms with Crippen molar-refractivity contribution in [2.75, 3.05) is 11.9 Å². The average molecular weight is 303 g/mol. The highest BCUT2D eigenvalue weighted by Crippen LogP contribution is 2.17. The van der Waals surface area contributed by atoms with E-state index in [0.717, 1.165) is 12.8 Å². The molecule has 1 aromatic carbocycles. The van der Waals surface area contributed by atoms with Crippen molar-refractivity contribution in [3.8, 4) is 0 Å². The Morgan fingerprint density at radius 3 is 2.48 bits per heavy atom. The lowest BCUT2D eigenvalue weighted by Gasteiger charge is -2.17. The molecule has 4 nitrogen and oxygen atoms in total.